The average molecular weight is 412 g/mol. The summed E-state index contributed by atoms with van der Waals surface area (Å²) in [4.78, 5) is 39.5. The number of nitrogens with one attached hydrogen (secondary N) is 1. The highest BCUT2D eigenvalue weighted by molar-refractivity contribution is 5.98. The number of para-hydroxylation sites is 2. The highest BCUT2D eigenvalue weighted by atomic mass is 16.5. The molecule has 1 aromatic rings. The summed E-state index contributed by atoms with van der Waals surface area (Å²) in [7, 11) is 1.53. The van der Waals surface area contributed by atoms with Gasteiger partial charge in [0, 0.05) is 7.05 Å². The van der Waals surface area contributed by atoms with Crippen LogP contribution in [0.5, 0.6) is 5.75 Å². The van der Waals surface area contributed by atoms with Gasteiger partial charge in [0.2, 0.25) is 0 Å². The molecule has 1 heterocycles. The Balaban J connectivity index is 1.26. The van der Waals surface area contributed by atoms with Crippen molar-refractivity contribution in [1.82, 2.24) is 5.32 Å². The van der Waals surface area contributed by atoms with E-state index in [-0.39, 0.29) is 36.9 Å². The lowest BCUT2D eigenvalue weighted by atomic mass is 9.52. The normalized spacial score (nSPS) is 33.4. The van der Waals surface area contributed by atoms with Crippen molar-refractivity contribution in [1.29, 1.82) is 0 Å². The molecule has 4 aliphatic carbocycles. The second kappa shape index (κ2) is 7.60. The van der Waals surface area contributed by atoms with Crippen LogP contribution in [-0.4, -0.2) is 44.1 Å². The van der Waals surface area contributed by atoms with Gasteiger partial charge in [0.25, 0.3) is 11.8 Å². The van der Waals surface area contributed by atoms with E-state index in [1.54, 1.807) is 18.2 Å². The van der Waals surface area contributed by atoms with Crippen molar-refractivity contribution >= 4 is 23.5 Å². The van der Waals surface area contributed by atoms with E-state index in [9.17, 15) is 14.4 Å². The van der Waals surface area contributed by atoms with Gasteiger partial charge in [0.1, 0.15) is 5.75 Å². The van der Waals surface area contributed by atoms with E-state index in [4.69, 9.17) is 9.47 Å². The molecule has 160 valence electrons. The number of hydrogen-bond acceptors (Lipinski definition) is 5. The Morgan fingerprint density at radius 2 is 1.73 bits per heavy atom. The van der Waals surface area contributed by atoms with Gasteiger partial charge in [0.15, 0.2) is 12.7 Å². The standard InChI is InChI=1S/C23H28N2O5/c1-24-22(27)19-11-25(17-4-2-3-5-18(17)30-19)20(26)12-29-23(28)21-15-7-13-6-14(9-15)10-16(21)8-13/h2-5,13-16,19,21H,6-12H2,1H3,(H,24,27). The largest absolute Gasteiger partial charge is 0.477 e. The fourth-order valence-corrected chi connectivity index (χ4v) is 6.39. The number of benzene rings is 1. The number of carbonyl (C=O) groups excluding carboxylic acids is 3. The molecule has 1 unspecified atom stereocenters. The fraction of sp³-hybridized carbons (Fsp3) is 0.609. The van der Waals surface area contributed by atoms with Crippen LogP contribution < -0.4 is 15.0 Å². The number of anilines is 1. The molecule has 4 fully saturated rings. The van der Waals surface area contributed by atoms with Gasteiger partial charge in [-0.1, -0.05) is 12.1 Å². The van der Waals surface area contributed by atoms with Crippen LogP contribution >= 0.6 is 0 Å². The number of esters is 1. The van der Waals surface area contributed by atoms with Crippen LogP contribution in [-0.2, 0) is 19.1 Å². The van der Waals surface area contributed by atoms with E-state index in [0.29, 0.717) is 23.3 Å². The molecule has 1 N–H and O–H groups in total. The third-order valence-corrected chi connectivity index (χ3v) is 7.45. The molecule has 1 atom stereocenters. The van der Waals surface area contributed by atoms with Crippen LogP contribution in [0.1, 0.15) is 32.1 Å². The molecule has 7 heteroatoms. The Morgan fingerprint density at radius 3 is 2.40 bits per heavy atom. The van der Waals surface area contributed by atoms with E-state index >= 15 is 0 Å². The van der Waals surface area contributed by atoms with Crippen molar-refractivity contribution in [3.63, 3.8) is 0 Å². The van der Waals surface area contributed by atoms with Crippen molar-refractivity contribution < 1.29 is 23.9 Å². The lowest BCUT2D eigenvalue weighted by Gasteiger charge is -2.53. The van der Waals surface area contributed by atoms with Crippen molar-refractivity contribution in [3.05, 3.63) is 24.3 Å². The predicted molar refractivity (Wildman–Crippen MR) is 109 cm³/mol. The Morgan fingerprint density at radius 1 is 1.07 bits per heavy atom. The van der Waals surface area contributed by atoms with Gasteiger partial charge in [0.05, 0.1) is 18.2 Å². The van der Waals surface area contributed by atoms with E-state index in [1.807, 2.05) is 6.07 Å². The monoisotopic (exact) mass is 412 g/mol. The first kappa shape index (κ1) is 19.4. The number of carbonyl (C=O) groups is 3. The third-order valence-electron chi connectivity index (χ3n) is 7.45. The van der Waals surface area contributed by atoms with Crippen molar-refractivity contribution in [3.8, 4) is 5.75 Å². The summed E-state index contributed by atoms with van der Waals surface area (Å²) in [5.41, 5.74) is 0.591. The minimum atomic E-state index is -0.797. The number of fused-ring (bicyclic) bond motifs is 1. The van der Waals surface area contributed by atoms with Crippen molar-refractivity contribution in [2.24, 2.45) is 29.6 Å². The zero-order valence-electron chi connectivity index (χ0n) is 17.2. The SMILES string of the molecule is CNC(=O)C1CN(C(=O)COC(=O)C2C3CC4CC(C3)CC2C4)c2ccccc2O1. The second-order valence-electron chi connectivity index (χ2n) is 9.26. The molecule has 6 rings (SSSR count). The minimum Gasteiger partial charge on any atom is -0.477 e. The van der Waals surface area contributed by atoms with Gasteiger partial charge in [-0.15, -0.1) is 0 Å². The van der Waals surface area contributed by atoms with Crippen LogP contribution in [0.25, 0.3) is 0 Å². The third kappa shape index (κ3) is 3.34. The van der Waals surface area contributed by atoms with Gasteiger partial charge in [-0.05, 0) is 67.9 Å². The summed E-state index contributed by atoms with van der Waals surface area (Å²) >= 11 is 0. The van der Waals surface area contributed by atoms with Crippen LogP contribution in [0.4, 0.5) is 5.69 Å². The highest BCUT2D eigenvalue weighted by Crippen LogP contribution is 2.56. The Bertz CT molecular complexity index is 841. The van der Waals surface area contributed by atoms with Crippen molar-refractivity contribution in [2.45, 2.75) is 38.2 Å². The summed E-state index contributed by atoms with van der Waals surface area (Å²) in [6.07, 6.45) is 5.05. The molecule has 0 aromatic heterocycles. The van der Waals surface area contributed by atoms with Gasteiger partial charge in [-0.25, -0.2) is 0 Å². The molecule has 2 amide bonds. The van der Waals surface area contributed by atoms with E-state index < -0.39 is 6.10 Å². The molecule has 0 radical (unpaired) electrons. The summed E-state index contributed by atoms with van der Waals surface area (Å²) in [6.45, 7) is -0.221. The van der Waals surface area contributed by atoms with E-state index in [1.165, 1.54) is 18.4 Å². The first-order chi connectivity index (χ1) is 14.5. The molecular weight excluding hydrogens is 384 g/mol. The first-order valence-electron chi connectivity index (χ1n) is 11.0. The maximum Gasteiger partial charge on any atom is 0.310 e. The van der Waals surface area contributed by atoms with Crippen LogP contribution in [0.3, 0.4) is 0 Å². The zero-order valence-corrected chi connectivity index (χ0v) is 17.2. The number of likely N-dealkylation sites (N-methyl/N-ethyl adjacent to an activating group) is 1. The smallest absolute Gasteiger partial charge is 0.310 e. The highest BCUT2D eigenvalue weighted by Gasteiger charge is 2.51. The Kier molecular flexibility index (Phi) is 4.91. The number of amides is 2. The molecule has 0 spiro atoms. The lowest BCUT2D eigenvalue weighted by molar-refractivity contribution is -0.164. The first-order valence-corrected chi connectivity index (χ1v) is 11.0. The molecule has 4 saturated carbocycles. The maximum atomic E-state index is 13.0. The lowest BCUT2D eigenvalue weighted by Crippen LogP contribution is -2.51. The number of hydrogen-bond donors (Lipinski definition) is 1. The van der Waals surface area contributed by atoms with Gasteiger partial charge in [-0.2, -0.15) is 0 Å². The molecule has 1 aromatic carbocycles. The molecule has 4 bridgehead atoms. The topological polar surface area (TPSA) is 84.9 Å². The molecule has 1 aliphatic heterocycles. The van der Waals surface area contributed by atoms with Crippen molar-refractivity contribution in [2.75, 3.05) is 25.1 Å². The molecule has 0 saturated heterocycles. The summed E-state index contributed by atoms with van der Waals surface area (Å²) < 4.78 is 11.3. The number of nitrogens with zero attached hydrogens (tertiary/aromatic N) is 1. The van der Waals surface area contributed by atoms with Crippen LogP contribution in [0, 0.1) is 29.6 Å². The fourth-order valence-electron chi connectivity index (χ4n) is 6.39. The Labute approximate surface area is 176 Å². The summed E-state index contributed by atoms with van der Waals surface area (Å²) in [5, 5.41) is 2.56. The van der Waals surface area contributed by atoms with Crippen LogP contribution in [0.2, 0.25) is 0 Å². The molecule has 7 nitrogen and oxygen atoms in total. The molecular formula is C23H28N2O5. The average Bonchev–Trinajstić information content (AvgIpc) is 2.75. The number of ether oxygens (including phenoxy) is 2. The second-order valence-corrected chi connectivity index (χ2v) is 9.26. The van der Waals surface area contributed by atoms with Gasteiger partial charge < -0.3 is 19.7 Å². The molecule has 30 heavy (non-hydrogen) atoms. The molecule has 5 aliphatic rings. The quantitative estimate of drug-likeness (QED) is 0.766. The maximum absolute atomic E-state index is 13.0. The minimum absolute atomic E-state index is 0.0545. The summed E-state index contributed by atoms with van der Waals surface area (Å²) in [6, 6.07) is 7.10. The predicted octanol–water partition coefficient (Wildman–Crippen LogP) is 2.14. The van der Waals surface area contributed by atoms with Gasteiger partial charge in [-0.3, -0.25) is 14.4 Å². The van der Waals surface area contributed by atoms with Gasteiger partial charge >= 0.3 is 5.97 Å². The van der Waals surface area contributed by atoms with Crippen LogP contribution in [0.15, 0.2) is 24.3 Å². The van der Waals surface area contributed by atoms with E-state index in [2.05, 4.69) is 5.32 Å². The number of rotatable bonds is 4. The zero-order chi connectivity index (χ0) is 20.8. The summed E-state index contributed by atoms with van der Waals surface area (Å²) in [5.74, 6) is 1.97. The Hall–Kier alpha value is -2.57. The van der Waals surface area contributed by atoms with E-state index in [0.717, 1.165) is 37.5 Å².